The zero-order valence-electron chi connectivity index (χ0n) is 12.1. The van der Waals surface area contributed by atoms with Crippen molar-refractivity contribution < 1.29 is 0 Å². The number of anilines is 1. The van der Waals surface area contributed by atoms with Gasteiger partial charge in [0, 0.05) is 24.8 Å². The Morgan fingerprint density at radius 2 is 2.20 bits per heavy atom. The minimum atomic E-state index is 0.297. The number of nitrogens with two attached hydrogens (primary N) is 1. The van der Waals surface area contributed by atoms with Gasteiger partial charge in [0.2, 0.25) is 0 Å². The molecule has 3 atom stereocenters. The number of alkyl halides is 1. The number of fused-ring (bicyclic) bond motifs is 4. The first-order valence-corrected chi connectivity index (χ1v) is 8.97. The van der Waals surface area contributed by atoms with Gasteiger partial charge in [0.25, 0.3) is 0 Å². The van der Waals surface area contributed by atoms with Crippen LogP contribution < -0.4 is 5.73 Å². The van der Waals surface area contributed by atoms with Crippen molar-refractivity contribution in [1.82, 2.24) is 4.90 Å². The monoisotopic (exact) mass is 382 g/mol. The molecule has 1 saturated carbocycles. The van der Waals surface area contributed by atoms with Gasteiger partial charge in [-0.3, -0.25) is 4.90 Å². The van der Waals surface area contributed by atoms with Crippen LogP contribution in [0.4, 0.5) is 5.69 Å². The molecule has 2 unspecified atom stereocenters. The van der Waals surface area contributed by atoms with Crippen LogP contribution in [0.5, 0.6) is 0 Å². The van der Waals surface area contributed by atoms with Crippen molar-refractivity contribution in [3.8, 4) is 0 Å². The van der Waals surface area contributed by atoms with Crippen LogP contribution in [0.25, 0.3) is 0 Å². The van der Waals surface area contributed by atoms with Crippen molar-refractivity contribution in [3.05, 3.63) is 29.3 Å². The molecule has 108 valence electrons. The Morgan fingerprint density at radius 3 is 2.95 bits per heavy atom. The molecule has 2 bridgehead atoms. The van der Waals surface area contributed by atoms with E-state index in [9.17, 15) is 0 Å². The van der Waals surface area contributed by atoms with Gasteiger partial charge in [-0.25, -0.2) is 0 Å². The van der Waals surface area contributed by atoms with Crippen LogP contribution in [0.2, 0.25) is 0 Å². The summed E-state index contributed by atoms with van der Waals surface area (Å²) in [5, 5.41) is 0. The smallest absolute Gasteiger partial charge is 0.0526 e. The molecule has 0 spiro atoms. The zero-order valence-corrected chi connectivity index (χ0v) is 14.3. The predicted octanol–water partition coefficient (Wildman–Crippen LogP) is 3.58. The molecule has 20 heavy (non-hydrogen) atoms. The highest BCUT2D eigenvalue weighted by atomic mass is 127. The summed E-state index contributed by atoms with van der Waals surface area (Å²) in [6.45, 7) is 5.07. The average molecular weight is 382 g/mol. The van der Waals surface area contributed by atoms with Gasteiger partial charge in [-0.15, -0.1) is 0 Å². The molecule has 2 fully saturated rings. The second-order valence-electron chi connectivity index (χ2n) is 7.03. The molecular formula is C17H23IN2. The predicted molar refractivity (Wildman–Crippen MR) is 92.1 cm³/mol. The summed E-state index contributed by atoms with van der Waals surface area (Å²) in [6.07, 6.45) is 5.41. The van der Waals surface area contributed by atoms with Gasteiger partial charge in [-0.1, -0.05) is 35.6 Å². The number of nitrogens with zero attached hydrogens (tertiary/aromatic N) is 1. The molecule has 1 saturated heterocycles. The van der Waals surface area contributed by atoms with Crippen LogP contribution in [0.15, 0.2) is 18.2 Å². The maximum absolute atomic E-state index is 6.04. The number of halogens is 1. The lowest BCUT2D eigenvalue weighted by Crippen LogP contribution is -2.57. The molecule has 2 N–H and O–H groups in total. The lowest BCUT2D eigenvalue weighted by atomic mass is 9.68. The van der Waals surface area contributed by atoms with Crippen LogP contribution in [0, 0.1) is 11.8 Å². The molecule has 1 aromatic rings. The van der Waals surface area contributed by atoms with Gasteiger partial charge in [-0.2, -0.15) is 0 Å². The van der Waals surface area contributed by atoms with E-state index in [2.05, 4.69) is 52.6 Å². The van der Waals surface area contributed by atoms with E-state index in [0.717, 1.165) is 23.6 Å². The number of rotatable bonds is 2. The van der Waals surface area contributed by atoms with E-state index < -0.39 is 0 Å². The number of hydrogen-bond acceptors (Lipinski definition) is 2. The molecule has 1 heterocycles. The number of likely N-dealkylation sites (tertiary alicyclic amines) is 1. The van der Waals surface area contributed by atoms with Crippen LogP contribution in [-0.4, -0.2) is 24.0 Å². The van der Waals surface area contributed by atoms with Gasteiger partial charge in [0.1, 0.15) is 0 Å². The van der Waals surface area contributed by atoms with E-state index in [1.54, 1.807) is 0 Å². The van der Waals surface area contributed by atoms with Crippen LogP contribution in [-0.2, 0) is 9.84 Å². The van der Waals surface area contributed by atoms with E-state index in [0.29, 0.717) is 3.42 Å². The zero-order chi connectivity index (χ0) is 13.9. The number of benzene rings is 1. The normalized spacial score (nSPS) is 36.7. The lowest BCUT2D eigenvalue weighted by molar-refractivity contribution is 0.0636. The first-order chi connectivity index (χ1) is 9.58. The van der Waals surface area contributed by atoms with E-state index >= 15 is 0 Å². The highest BCUT2D eigenvalue weighted by Gasteiger charge is 2.50. The first kappa shape index (κ1) is 13.4. The molecule has 1 aromatic carbocycles. The fraction of sp³-hybridized carbons (Fsp3) is 0.647. The van der Waals surface area contributed by atoms with E-state index in [1.807, 2.05) is 0 Å². The fourth-order valence-electron chi connectivity index (χ4n) is 4.25. The summed E-state index contributed by atoms with van der Waals surface area (Å²) in [5.41, 5.74) is 10.0. The molecule has 0 radical (unpaired) electrons. The Bertz CT molecular complexity index is 540. The van der Waals surface area contributed by atoms with Gasteiger partial charge < -0.3 is 5.73 Å². The highest BCUT2D eigenvalue weighted by molar-refractivity contribution is 14.1. The molecule has 0 amide bonds. The van der Waals surface area contributed by atoms with Crippen molar-refractivity contribution in [2.24, 2.45) is 11.8 Å². The van der Waals surface area contributed by atoms with E-state index in [-0.39, 0.29) is 0 Å². The molecule has 2 nitrogen and oxygen atoms in total. The van der Waals surface area contributed by atoms with Crippen molar-refractivity contribution in [1.29, 1.82) is 0 Å². The largest absolute Gasteiger partial charge is 0.399 e. The molecule has 2 aliphatic carbocycles. The molecule has 0 aromatic heterocycles. The van der Waals surface area contributed by atoms with Crippen molar-refractivity contribution in [2.45, 2.75) is 42.1 Å². The Hall–Kier alpha value is -0.290. The minimum Gasteiger partial charge on any atom is -0.399 e. The topological polar surface area (TPSA) is 29.3 Å². The molecule has 1 aliphatic heterocycles. The standard InChI is InChI=1S/C17H23IN2/c1-11-16-8-13-4-5-14(19)9-15(13)17(11,18)6-7-20(16)10-12-2-3-12/h4-5,9,11-12,16H,2-3,6-8,10,19H2,1H3/t11-,16?,17?/m1/s1. The van der Waals surface area contributed by atoms with E-state index in [1.165, 1.54) is 49.9 Å². The Labute approximate surface area is 135 Å². The van der Waals surface area contributed by atoms with Gasteiger partial charge in [0.05, 0.1) is 3.42 Å². The fourth-order valence-corrected chi connectivity index (χ4v) is 5.41. The molecule has 4 rings (SSSR count). The maximum atomic E-state index is 6.04. The van der Waals surface area contributed by atoms with Gasteiger partial charge in [0.15, 0.2) is 0 Å². The third-order valence-corrected chi connectivity index (χ3v) is 7.83. The third kappa shape index (κ3) is 2.00. The van der Waals surface area contributed by atoms with Crippen molar-refractivity contribution in [3.63, 3.8) is 0 Å². The third-order valence-electron chi connectivity index (χ3n) is 5.73. The molecule has 3 aliphatic rings. The second kappa shape index (κ2) is 4.60. The SMILES string of the molecule is C[C@@H]1C2Cc3ccc(N)cc3C1(I)CCN2CC1CC1. The first-order valence-electron chi connectivity index (χ1n) is 7.90. The Kier molecular flexibility index (Phi) is 3.08. The van der Waals surface area contributed by atoms with Crippen molar-refractivity contribution in [2.75, 3.05) is 18.8 Å². The average Bonchev–Trinajstić information content (AvgIpc) is 3.22. The maximum Gasteiger partial charge on any atom is 0.0526 e. The summed E-state index contributed by atoms with van der Waals surface area (Å²) in [4.78, 5) is 2.79. The van der Waals surface area contributed by atoms with Gasteiger partial charge >= 0.3 is 0 Å². The molecular weight excluding hydrogens is 359 g/mol. The Balaban J connectivity index is 1.71. The van der Waals surface area contributed by atoms with Gasteiger partial charge in [-0.05, 0) is 60.8 Å². The number of nitrogen functional groups attached to an aromatic ring is 1. The minimum absolute atomic E-state index is 0.297. The summed E-state index contributed by atoms with van der Waals surface area (Å²) >= 11 is 2.73. The lowest BCUT2D eigenvalue weighted by Gasteiger charge is -2.53. The summed E-state index contributed by atoms with van der Waals surface area (Å²) in [6, 6.07) is 7.33. The quantitative estimate of drug-likeness (QED) is 0.481. The van der Waals surface area contributed by atoms with Crippen LogP contribution >= 0.6 is 22.6 Å². The summed E-state index contributed by atoms with van der Waals surface area (Å²) in [7, 11) is 0. The Morgan fingerprint density at radius 1 is 1.40 bits per heavy atom. The highest BCUT2D eigenvalue weighted by Crippen LogP contribution is 2.53. The summed E-state index contributed by atoms with van der Waals surface area (Å²) < 4.78 is 0.297. The number of hydrogen-bond donors (Lipinski definition) is 1. The van der Waals surface area contributed by atoms with Crippen LogP contribution in [0.3, 0.4) is 0 Å². The van der Waals surface area contributed by atoms with Crippen molar-refractivity contribution >= 4 is 28.3 Å². The number of piperidine rings is 1. The summed E-state index contributed by atoms with van der Waals surface area (Å²) in [5.74, 6) is 1.72. The van der Waals surface area contributed by atoms with Crippen LogP contribution in [0.1, 0.15) is 37.3 Å². The van der Waals surface area contributed by atoms with E-state index in [4.69, 9.17) is 5.73 Å². The second-order valence-corrected chi connectivity index (χ2v) is 8.95. The molecule has 3 heteroatoms.